The van der Waals surface area contributed by atoms with Crippen LogP contribution in [0.25, 0.3) is 10.9 Å². The number of aryl methyl sites for hydroxylation is 1. The molecule has 0 spiro atoms. The maximum Gasteiger partial charge on any atom is 0.396 e. The highest BCUT2D eigenvalue weighted by Crippen LogP contribution is 2.23. The first-order valence-corrected chi connectivity index (χ1v) is 5.32. The van der Waals surface area contributed by atoms with Crippen molar-refractivity contribution in [3.05, 3.63) is 41.6 Å². The van der Waals surface area contributed by atoms with Crippen LogP contribution in [0.3, 0.4) is 0 Å². The number of aromatic nitrogens is 1. The van der Waals surface area contributed by atoms with Gasteiger partial charge in [-0.2, -0.15) is 13.2 Å². The quantitative estimate of drug-likeness (QED) is 0.764. The minimum absolute atomic E-state index is 0.0606. The minimum Gasteiger partial charge on any atom is -0.294 e. The van der Waals surface area contributed by atoms with Gasteiger partial charge >= 0.3 is 6.18 Å². The number of carbonyl (C=O) groups is 1. The molecular weight excluding hydrogens is 243 g/mol. The molecule has 0 saturated carbocycles. The summed E-state index contributed by atoms with van der Waals surface area (Å²) in [5.41, 5.74) is 1.54. The normalized spacial score (nSPS) is 11.8. The monoisotopic (exact) mass is 253 g/mol. The van der Waals surface area contributed by atoms with Crippen LogP contribution in [0.2, 0.25) is 0 Å². The van der Waals surface area contributed by atoms with E-state index < -0.39 is 18.4 Å². The van der Waals surface area contributed by atoms with Crippen molar-refractivity contribution in [1.82, 2.24) is 4.98 Å². The van der Waals surface area contributed by atoms with Gasteiger partial charge in [0.2, 0.25) is 0 Å². The molecule has 0 N–H and O–H groups in total. The predicted molar refractivity (Wildman–Crippen MR) is 61.5 cm³/mol. The van der Waals surface area contributed by atoms with E-state index in [1.54, 1.807) is 18.2 Å². The van der Waals surface area contributed by atoms with E-state index in [1.165, 1.54) is 12.1 Å². The molecule has 2 nitrogen and oxygen atoms in total. The topological polar surface area (TPSA) is 30.0 Å². The average Bonchev–Trinajstić information content (AvgIpc) is 2.26. The first-order valence-electron chi connectivity index (χ1n) is 5.32. The largest absolute Gasteiger partial charge is 0.396 e. The van der Waals surface area contributed by atoms with Crippen molar-refractivity contribution in [3.8, 4) is 0 Å². The number of pyridine rings is 1. The third-order valence-corrected chi connectivity index (χ3v) is 2.51. The van der Waals surface area contributed by atoms with Crippen molar-refractivity contribution in [3.63, 3.8) is 0 Å². The molecule has 0 saturated heterocycles. The van der Waals surface area contributed by atoms with Gasteiger partial charge in [-0.1, -0.05) is 6.07 Å². The van der Waals surface area contributed by atoms with Crippen LogP contribution in [-0.2, 0) is 0 Å². The molecule has 0 amide bonds. The van der Waals surface area contributed by atoms with Crippen LogP contribution < -0.4 is 0 Å². The second-order valence-corrected chi connectivity index (χ2v) is 4.08. The third kappa shape index (κ3) is 2.85. The fourth-order valence-electron chi connectivity index (χ4n) is 1.69. The van der Waals surface area contributed by atoms with Crippen molar-refractivity contribution in [2.75, 3.05) is 0 Å². The van der Waals surface area contributed by atoms with Gasteiger partial charge in [-0.15, -0.1) is 0 Å². The number of benzene rings is 1. The first-order chi connectivity index (χ1) is 8.35. The Bertz CT molecular complexity index is 605. The van der Waals surface area contributed by atoms with Crippen LogP contribution >= 0.6 is 0 Å². The van der Waals surface area contributed by atoms with Gasteiger partial charge in [0.1, 0.15) is 6.42 Å². The zero-order chi connectivity index (χ0) is 13.3. The van der Waals surface area contributed by atoms with Crippen molar-refractivity contribution in [2.45, 2.75) is 19.5 Å². The summed E-state index contributed by atoms with van der Waals surface area (Å²) < 4.78 is 36.4. The summed E-state index contributed by atoms with van der Waals surface area (Å²) in [6, 6.07) is 7.87. The SMILES string of the molecule is Cc1ccc2cc(C(=O)CC(F)(F)F)ccc2n1. The van der Waals surface area contributed by atoms with E-state index in [4.69, 9.17) is 0 Å². The van der Waals surface area contributed by atoms with Crippen LogP contribution in [-0.4, -0.2) is 16.9 Å². The van der Waals surface area contributed by atoms with Gasteiger partial charge in [0.25, 0.3) is 0 Å². The Balaban J connectivity index is 2.36. The van der Waals surface area contributed by atoms with E-state index in [9.17, 15) is 18.0 Å². The Labute approximate surface area is 101 Å². The highest BCUT2D eigenvalue weighted by molar-refractivity contribution is 5.99. The van der Waals surface area contributed by atoms with Gasteiger partial charge in [0, 0.05) is 16.6 Å². The van der Waals surface area contributed by atoms with E-state index >= 15 is 0 Å². The number of fused-ring (bicyclic) bond motifs is 1. The summed E-state index contributed by atoms with van der Waals surface area (Å²) in [5.74, 6) is -0.926. The number of ketones is 1. The van der Waals surface area contributed by atoms with Crippen LogP contribution in [0.1, 0.15) is 22.5 Å². The Morgan fingerprint density at radius 1 is 1.22 bits per heavy atom. The van der Waals surface area contributed by atoms with E-state index in [-0.39, 0.29) is 5.56 Å². The minimum atomic E-state index is -4.47. The molecule has 0 bridgehead atoms. The van der Waals surface area contributed by atoms with Gasteiger partial charge in [0.15, 0.2) is 5.78 Å². The second-order valence-electron chi connectivity index (χ2n) is 4.08. The summed E-state index contributed by atoms with van der Waals surface area (Å²) >= 11 is 0. The zero-order valence-electron chi connectivity index (χ0n) is 9.58. The van der Waals surface area contributed by atoms with Crippen LogP contribution in [0, 0.1) is 6.92 Å². The summed E-state index contributed by atoms with van der Waals surface area (Å²) in [4.78, 5) is 15.6. The van der Waals surface area contributed by atoms with Crippen molar-refractivity contribution in [2.24, 2.45) is 0 Å². The molecule has 2 rings (SSSR count). The predicted octanol–water partition coefficient (Wildman–Crippen LogP) is 3.68. The number of nitrogens with zero attached hydrogens (tertiary/aromatic N) is 1. The van der Waals surface area contributed by atoms with Gasteiger partial charge in [-0.3, -0.25) is 9.78 Å². The summed E-state index contributed by atoms with van der Waals surface area (Å²) in [6.45, 7) is 1.82. The van der Waals surface area contributed by atoms with E-state index in [2.05, 4.69) is 4.98 Å². The third-order valence-electron chi connectivity index (χ3n) is 2.51. The average molecular weight is 253 g/mol. The van der Waals surface area contributed by atoms with Gasteiger partial charge in [-0.05, 0) is 31.2 Å². The standard InChI is InChI=1S/C13H10F3NO/c1-8-2-3-9-6-10(4-5-11(9)17-8)12(18)7-13(14,15)16/h2-6H,7H2,1H3. The Morgan fingerprint density at radius 3 is 2.61 bits per heavy atom. The Hall–Kier alpha value is -1.91. The number of hydrogen-bond donors (Lipinski definition) is 0. The zero-order valence-corrected chi connectivity index (χ0v) is 9.58. The molecule has 0 atom stereocenters. The molecule has 0 fully saturated rings. The van der Waals surface area contributed by atoms with E-state index in [0.717, 1.165) is 5.69 Å². The summed E-state index contributed by atoms with van der Waals surface area (Å²) in [6.07, 6.45) is -5.91. The Morgan fingerprint density at radius 2 is 1.94 bits per heavy atom. The molecule has 1 aromatic heterocycles. The number of halogens is 3. The van der Waals surface area contributed by atoms with Crippen LogP contribution in [0.4, 0.5) is 13.2 Å². The number of alkyl halides is 3. The number of rotatable bonds is 2. The van der Waals surface area contributed by atoms with Crippen molar-refractivity contribution >= 4 is 16.7 Å². The lowest BCUT2D eigenvalue weighted by atomic mass is 10.0. The van der Waals surface area contributed by atoms with Crippen LogP contribution in [0.15, 0.2) is 30.3 Å². The highest BCUT2D eigenvalue weighted by atomic mass is 19.4. The van der Waals surface area contributed by atoms with E-state index in [0.29, 0.717) is 10.9 Å². The fourth-order valence-corrected chi connectivity index (χ4v) is 1.69. The molecule has 0 radical (unpaired) electrons. The lowest BCUT2D eigenvalue weighted by Gasteiger charge is -2.06. The molecule has 1 aromatic carbocycles. The molecule has 0 unspecified atom stereocenters. The van der Waals surface area contributed by atoms with Crippen molar-refractivity contribution in [1.29, 1.82) is 0 Å². The fraction of sp³-hybridized carbons (Fsp3) is 0.231. The number of hydrogen-bond acceptors (Lipinski definition) is 2. The molecular formula is C13H10F3NO. The molecule has 94 valence electrons. The lowest BCUT2D eigenvalue weighted by Crippen LogP contribution is -2.14. The lowest BCUT2D eigenvalue weighted by molar-refractivity contribution is -0.125. The molecule has 2 aromatic rings. The molecule has 0 aliphatic rings. The maximum absolute atomic E-state index is 12.1. The number of carbonyl (C=O) groups excluding carboxylic acids is 1. The molecule has 0 aliphatic heterocycles. The number of Topliss-reactive ketones (excluding diaryl/α,β-unsaturated/α-hetero) is 1. The van der Waals surface area contributed by atoms with E-state index in [1.807, 2.05) is 6.92 Å². The highest BCUT2D eigenvalue weighted by Gasteiger charge is 2.31. The molecule has 0 aliphatic carbocycles. The van der Waals surface area contributed by atoms with Gasteiger partial charge < -0.3 is 0 Å². The van der Waals surface area contributed by atoms with Crippen LogP contribution in [0.5, 0.6) is 0 Å². The second kappa shape index (κ2) is 4.40. The van der Waals surface area contributed by atoms with Gasteiger partial charge in [-0.25, -0.2) is 0 Å². The van der Waals surface area contributed by atoms with Crippen molar-refractivity contribution < 1.29 is 18.0 Å². The summed E-state index contributed by atoms with van der Waals surface area (Å²) in [5, 5.41) is 0.661. The molecule has 5 heteroatoms. The molecule has 18 heavy (non-hydrogen) atoms. The Kier molecular flexibility index (Phi) is 3.07. The first kappa shape index (κ1) is 12.5. The smallest absolute Gasteiger partial charge is 0.294 e. The molecule has 1 heterocycles. The summed E-state index contributed by atoms with van der Waals surface area (Å²) in [7, 11) is 0. The maximum atomic E-state index is 12.1. The van der Waals surface area contributed by atoms with Gasteiger partial charge in [0.05, 0.1) is 5.52 Å².